The Morgan fingerprint density at radius 3 is 2.39 bits per heavy atom. The van der Waals surface area contributed by atoms with Crippen molar-refractivity contribution in [2.45, 2.75) is 62.7 Å². The number of sulfonamides is 1. The number of phenolic OH excluding ortho intramolecular Hbond substituents is 1. The average Bonchev–Trinajstić information content (AvgIpc) is 3.31. The van der Waals surface area contributed by atoms with E-state index in [4.69, 9.17) is 9.47 Å². The largest absolute Gasteiger partial charge is 0.508 e. The zero-order valence-electron chi connectivity index (χ0n) is 25.9. The molecule has 12 heteroatoms. The summed E-state index contributed by atoms with van der Waals surface area (Å²) in [6.45, 7) is 2.32. The molecule has 0 spiro atoms. The molecule has 1 heterocycles. The van der Waals surface area contributed by atoms with E-state index in [2.05, 4.69) is 32.7 Å². The number of anilines is 1. The standard InChI is InChI=1S/C18H24O2.C14H18N4O4S2/c1-18-9-8-14-13-5-3-12(19)10-11(13)2-4-15(14)16(18)6-7-17(18)20;1-21-13-15-12(16-14(17-13)22-2)11(23-3)9-7-5-6-8-10(9)18-24(4,19)20/h3,5,10,14-17,19-20H,2,4,6-9H2,1H3;5-8,11,18H,1-4H3/t14-,15-,16+,17+,18+;/m1./s1. The Hall–Kier alpha value is -3.09. The summed E-state index contributed by atoms with van der Waals surface area (Å²) >= 11 is 1.46. The van der Waals surface area contributed by atoms with Crippen molar-refractivity contribution in [1.29, 1.82) is 0 Å². The number of nitrogens with zero attached hydrogens (tertiary/aromatic N) is 3. The molecule has 0 saturated heterocycles. The van der Waals surface area contributed by atoms with Gasteiger partial charge >= 0.3 is 12.0 Å². The first kappa shape index (κ1) is 32.3. The molecule has 1 aromatic heterocycles. The molecular formula is C32H42N4O6S2. The number of thioether (sulfide) groups is 1. The summed E-state index contributed by atoms with van der Waals surface area (Å²) < 4.78 is 35.9. The van der Waals surface area contributed by atoms with Gasteiger partial charge in [0.05, 0.1) is 37.5 Å². The third-order valence-electron chi connectivity index (χ3n) is 9.65. The van der Waals surface area contributed by atoms with Gasteiger partial charge in [0.25, 0.3) is 0 Å². The van der Waals surface area contributed by atoms with E-state index in [1.165, 1.54) is 56.4 Å². The molecule has 6 atom stereocenters. The van der Waals surface area contributed by atoms with Crippen molar-refractivity contribution in [2.24, 2.45) is 17.3 Å². The lowest BCUT2D eigenvalue weighted by Crippen LogP contribution is -2.43. The molecule has 3 aliphatic carbocycles. The fourth-order valence-electron chi connectivity index (χ4n) is 7.58. The number of nitrogens with one attached hydrogen (secondary N) is 1. The average molecular weight is 643 g/mol. The van der Waals surface area contributed by atoms with E-state index in [0.717, 1.165) is 37.0 Å². The molecule has 3 aliphatic rings. The maximum Gasteiger partial charge on any atom is 0.322 e. The van der Waals surface area contributed by atoms with E-state index in [0.29, 0.717) is 29.1 Å². The summed E-state index contributed by atoms with van der Waals surface area (Å²) in [5.74, 6) is 2.90. The van der Waals surface area contributed by atoms with Crippen LogP contribution in [0.3, 0.4) is 0 Å². The minimum Gasteiger partial charge on any atom is -0.508 e. The number of aliphatic hydroxyl groups excluding tert-OH is 1. The number of aromatic nitrogens is 3. The predicted molar refractivity (Wildman–Crippen MR) is 172 cm³/mol. The summed E-state index contributed by atoms with van der Waals surface area (Å²) in [5, 5.41) is 19.7. The summed E-state index contributed by atoms with van der Waals surface area (Å²) in [4.78, 5) is 12.5. The molecule has 1 unspecified atom stereocenters. The fourth-order valence-corrected chi connectivity index (χ4v) is 8.94. The van der Waals surface area contributed by atoms with Crippen LogP contribution in [0, 0.1) is 17.3 Å². The highest BCUT2D eigenvalue weighted by molar-refractivity contribution is 7.99. The molecule has 0 aliphatic heterocycles. The van der Waals surface area contributed by atoms with E-state index in [1.807, 2.05) is 30.5 Å². The van der Waals surface area contributed by atoms with Crippen LogP contribution in [-0.2, 0) is 16.4 Å². The Morgan fingerprint density at radius 1 is 1.02 bits per heavy atom. The van der Waals surface area contributed by atoms with Crippen molar-refractivity contribution in [3.05, 3.63) is 65.0 Å². The molecule has 0 amide bonds. The second-order valence-electron chi connectivity index (χ2n) is 12.2. The van der Waals surface area contributed by atoms with Crippen LogP contribution in [0.5, 0.6) is 17.8 Å². The molecule has 44 heavy (non-hydrogen) atoms. The van der Waals surface area contributed by atoms with Gasteiger partial charge in [-0.2, -0.15) is 9.97 Å². The number of hydrogen-bond acceptors (Lipinski definition) is 10. The van der Waals surface area contributed by atoms with Crippen LogP contribution in [0.25, 0.3) is 0 Å². The Kier molecular flexibility index (Phi) is 9.62. The number of hydrogen-bond donors (Lipinski definition) is 3. The second kappa shape index (κ2) is 13.1. The highest BCUT2D eigenvalue weighted by Gasteiger charge is 2.54. The first-order valence-corrected chi connectivity index (χ1v) is 18.1. The highest BCUT2D eigenvalue weighted by Crippen LogP contribution is 2.60. The predicted octanol–water partition coefficient (Wildman–Crippen LogP) is 5.32. The van der Waals surface area contributed by atoms with E-state index in [-0.39, 0.29) is 28.8 Å². The van der Waals surface area contributed by atoms with E-state index >= 15 is 0 Å². The maximum atomic E-state index is 11.6. The Bertz CT molecular complexity index is 1570. The van der Waals surface area contributed by atoms with Gasteiger partial charge in [-0.1, -0.05) is 31.2 Å². The Morgan fingerprint density at radius 2 is 1.73 bits per heavy atom. The van der Waals surface area contributed by atoms with Crippen LogP contribution in [0.1, 0.15) is 72.7 Å². The topological polar surface area (TPSA) is 144 Å². The van der Waals surface area contributed by atoms with Gasteiger partial charge in [0.1, 0.15) is 5.75 Å². The minimum atomic E-state index is -3.41. The fraction of sp³-hybridized carbons (Fsp3) is 0.531. The maximum absolute atomic E-state index is 11.6. The molecular weight excluding hydrogens is 601 g/mol. The molecule has 2 fully saturated rings. The Balaban J connectivity index is 0.000000177. The lowest BCUT2D eigenvalue weighted by atomic mass is 9.55. The minimum absolute atomic E-state index is 0.0883. The first-order valence-electron chi connectivity index (χ1n) is 14.9. The number of fused-ring (bicyclic) bond motifs is 5. The third-order valence-corrected chi connectivity index (χ3v) is 11.2. The van der Waals surface area contributed by atoms with Gasteiger partial charge in [-0.05, 0) is 103 Å². The van der Waals surface area contributed by atoms with Gasteiger partial charge in [-0.15, -0.1) is 16.7 Å². The smallest absolute Gasteiger partial charge is 0.322 e. The van der Waals surface area contributed by atoms with E-state index < -0.39 is 10.0 Å². The molecule has 238 valence electrons. The number of methoxy groups -OCH3 is 2. The molecule has 2 aromatic carbocycles. The third kappa shape index (κ3) is 6.62. The van der Waals surface area contributed by atoms with Crippen LogP contribution >= 0.6 is 11.8 Å². The van der Waals surface area contributed by atoms with Gasteiger partial charge in [-0.25, -0.2) is 8.42 Å². The molecule has 2 saturated carbocycles. The zero-order valence-corrected chi connectivity index (χ0v) is 27.5. The quantitative estimate of drug-likeness (QED) is 0.310. The molecule has 0 radical (unpaired) electrons. The van der Waals surface area contributed by atoms with E-state index in [9.17, 15) is 18.6 Å². The number of rotatable bonds is 7. The molecule has 3 N–H and O–H groups in total. The van der Waals surface area contributed by atoms with Gasteiger partial charge in [0, 0.05) is 0 Å². The summed E-state index contributed by atoms with van der Waals surface area (Å²) in [5.41, 5.74) is 4.19. The molecule has 10 nitrogen and oxygen atoms in total. The van der Waals surface area contributed by atoms with Crippen molar-refractivity contribution in [3.63, 3.8) is 0 Å². The number of aliphatic hydroxyl groups is 1. The molecule has 0 bridgehead atoms. The van der Waals surface area contributed by atoms with Gasteiger partial charge < -0.3 is 19.7 Å². The van der Waals surface area contributed by atoms with Crippen molar-refractivity contribution < 1.29 is 28.1 Å². The summed E-state index contributed by atoms with van der Waals surface area (Å²) in [6, 6.07) is 13.3. The number of para-hydroxylation sites is 1. The first-order chi connectivity index (χ1) is 21.0. The van der Waals surface area contributed by atoms with Crippen LogP contribution in [0.2, 0.25) is 0 Å². The number of ether oxygens (including phenoxy) is 2. The van der Waals surface area contributed by atoms with Crippen molar-refractivity contribution in [3.8, 4) is 17.8 Å². The van der Waals surface area contributed by atoms with Gasteiger partial charge in [0.15, 0.2) is 5.82 Å². The Labute approximate surface area is 264 Å². The van der Waals surface area contributed by atoms with Crippen molar-refractivity contribution >= 4 is 27.5 Å². The van der Waals surface area contributed by atoms with Crippen LogP contribution < -0.4 is 14.2 Å². The van der Waals surface area contributed by atoms with Crippen LogP contribution in [0.15, 0.2) is 42.5 Å². The highest BCUT2D eigenvalue weighted by atomic mass is 32.2. The lowest BCUT2D eigenvalue weighted by molar-refractivity contribution is -0.0226. The number of phenols is 1. The number of aryl methyl sites for hydroxylation is 1. The van der Waals surface area contributed by atoms with Crippen molar-refractivity contribution in [1.82, 2.24) is 15.0 Å². The van der Waals surface area contributed by atoms with Gasteiger partial charge in [0.2, 0.25) is 10.0 Å². The van der Waals surface area contributed by atoms with Crippen LogP contribution in [0.4, 0.5) is 5.69 Å². The van der Waals surface area contributed by atoms with Gasteiger partial charge in [-0.3, -0.25) is 4.72 Å². The number of aromatic hydroxyl groups is 1. The second-order valence-corrected chi connectivity index (χ2v) is 14.9. The SMILES string of the molecule is COc1nc(OC)nc(C(SC)c2ccccc2NS(C)(=O)=O)n1.C[C@]12CC[C@@H]3c4ccc(O)cc4CC[C@H]3[C@@H]1CC[C@@H]2O. The molecule has 6 rings (SSSR count). The number of benzene rings is 2. The summed E-state index contributed by atoms with van der Waals surface area (Å²) in [7, 11) is -0.511. The van der Waals surface area contributed by atoms with E-state index in [1.54, 1.807) is 12.1 Å². The van der Waals surface area contributed by atoms with Crippen molar-refractivity contribution in [2.75, 3.05) is 31.5 Å². The molecule has 3 aromatic rings. The monoisotopic (exact) mass is 642 g/mol. The zero-order chi connectivity index (χ0) is 31.6. The normalized spacial score (nSPS) is 26.2. The lowest BCUT2D eigenvalue weighted by Gasteiger charge is -2.50. The van der Waals surface area contributed by atoms with Crippen LogP contribution in [-0.4, -0.2) is 66.4 Å². The summed E-state index contributed by atoms with van der Waals surface area (Å²) in [6.07, 6.45) is 9.76.